The van der Waals surface area contributed by atoms with Crippen LogP contribution in [0, 0.1) is 16.7 Å². The molecule has 0 aliphatic carbocycles. The summed E-state index contributed by atoms with van der Waals surface area (Å²) >= 11 is 1.01. The molecule has 2 aromatic rings. The van der Waals surface area contributed by atoms with Crippen molar-refractivity contribution in [2.24, 2.45) is 5.41 Å². The Bertz CT molecular complexity index is 1200. The predicted molar refractivity (Wildman–Crippen MR) is 120 cm³/mol. The summed E-state index contributed by atoms with van der Waals surface area (Å²) in [7, 11) is 0. The molecule has 0 saturated carbocycles. The lowest BCUT2D eigenvalue weighted by atomic mass is 9.96. The molecule has 0 atom stereocenters. The number of nitrogens with one attached hydrogen (secondary N) is 2. The summed E-state index contributed by atoms with van der Waals surface area (Å²) < 4.78 is 6.79. The van der Waals surface area contributed by atoms with Crippen LogP contribution in [-0.4, -0.2) is 28.0 Å². The van der Waals surface area contributed by atoms with Crippen LogP contribution in [0.15, 0.2) is 23.0 Å². The maximum absolute atomic E-state index is 12.7. The molecule has 0 saturated heterocycles. The molecular formula is C21H25N5O4S. The molecule has 164 valence electrons. The highest BCUT2D eigenvalue weighted by atomic mass is 32.1. The average Bonchev–Trinajstić information content (AvgIpc) is 3.02. The van der Waals surface area contributed by atoms with Gasteiger partial charge in [-0.2, -0.15) is 5.26 Å². The van der Waals surface area contributed by atoms with Crippen LogP contribution in [0.4, 0.5) is 11.6 Å². The van der Waals surface area contributed by atoms with E-state index in [0.29, 0.717) is 16.2 Å². The third-order valence-electron chi connectivity index (χ3n) is 4.05. The van der Waals surface area contributed by atoms with Gasteiger partial charge in [-0.15, -0.1) is 11.3 Å². The van der Waals surface area contributed by atoms with Crippen molar-refractivity contribution in [2.45, 2.75) is 41.2 Å². The number of hydrogen-bond donors (Lipinski definition) is 2. The second-order valence-electron chi connectivity index (χ2n) is 7.43. The summed E-state index contributed by atoms with van der Waals surface area (Å²) in [5.74, 6) is -0.150. The fraction of sp³-hybridized carbons (Fsp3) is 0.381. The van der Waals surface area contributed by atoms with Crippen LogP contribution in [0.1, 0.15) is 34.6 Å². The van der Waals surface area contributed by atoms with Crippen molar-refractivity contribution < 1.29 is 14.3 Å². The molecule has 31 heavy (non-hydrogen) atoms. The van der Waals surface area contributed by atoms with Crippen LogP contribution in [0.5, 0.6) is 0 Å². The molecule has 0 unspecified atom stereocenters. The first-order valence-corrected chi connectivity index (χ1v) is 10.5. The lowest BCUT2D eigenvalue weighted by Crippen LogP contribution is -2.32. The zero-order valence-corrected chi connectivity index (χ0v) is 18.9. The van der Waals surface area contributed by atoms with E-state index in [9.17, 15) is 19.6 Å². The summed E-state index contributed by atoms with van der Waals surface area (Å²) in [6.45, 7) is 9.20. The van der Waals surface area contributed by atoms with Gasteiger partial charge in [0.15, 0.2) is 5.57 Å². The number of nitriles is 1. The van der Waals surface area contributed by atoms with E-state index in [-0.39, 0.29) is 34.9 Å². The van der Waals surface area contributed by atoms with Gasteiger partial charge in [-0.05, 0) is 26.0 Å². The van der Waals surface area contributed by atoms with E-state index >= 15 is 0 Å². The fourth-order valence-electron chi connectivity index (χ4n) is 2.40. The van der Waals surface area contributed by atoms with Crippen molar-refractivity contribution in [3.8, 4) is 6.07 Å². The highest BCUT2D eigenvalue weighted by Crippen LogP contribution is 2.17. The summed E-state index contributed by atoms with van der Waals surface area (Å²) in [5, 5.41) is 15.1. The molecule has 0 aliphatic rings. The highest BCUT2D eigenvalue weighted by Gasteiger charge is 2.21. The van der Waals surface area contributed by atoms with E-state index in [0.717, 1.165) is 11.3 Å². The van der Waals surface area contributed by atoms with Crippen molar-refractivity contribution in [2.75, 3.05) is 17.2 Å². The van der Waals surface area contributed by atoms with Crippen molar-refractivity contribution in [1.29, 1.82) is 5.26 Å². The van der Waals surface area contributed by atoms with Gasteiger partial charge in [0.2, 0.25) is 5.91 Å². The lowest BCUT2D eigenvalue weighted by Gasteiger charge is -2.17. The monoisotopic (exact) mass is 443 g/mol. The molecule has 9 nitrogen and oxygen atoms in total. The highest BCUT2D eigenvalue weighted by molar-refractivity contribution is 7.07. The Kier molecular flexibility index (Phi) is 7.72. The number of amides is 1. The molecule has 0 aliphatic heterocycles. The molecule has 1 amide bonds. The standard InChI is InChI=1S/C21H25N5O4S/c1-6-26-17(27)14(31-18(26)13(11-22)19(28)30-7-2)12-23-15-9-8-10-16(24-15)25-20(29)21(3,4)5/h8-10,12H,6-7H2,1-5H3,(H2,23,24,25,29)/b14-12+,18-13-. The number of thiazole rings is 1. The van der Waals surface area contributed by atoms with Gasteiger partial charge in [0, 0.05) is 18.2 Å². The first-order valence-electron chi connectivity index (χ1n) is 9.68. The Morgan fingerprint density at radius 2 is 1.97 bits per heavy atom. The molecule has 0 spiro atoms. The van der Waals surface area contributed by atoms with E-state index < -0.39 is 11.4 Å². The number of carbonyl (C=O) groups excluding carboxylic acids is 2. The van der Waals surface area contributed by atoms with E-state index in [1.807, 2.05) is 6.07 Å². The third-order valence-corrected chi connectivity index (χ3v) is 5.18. The van der Waals surface area contributed by atoms with Gasteiger partial charge in [-0.3, -0.25) is 14.2 Å². The van der Waals surface area contributed by atoms with Crippen molar-refractivity contribution >= 4 is 46.6 Å². The Labute approximate surface area is 183 Å². The van der Waals surface area contributed by atoms with E-state index in [2.05, 4.69) is 15.6 Å². The molecule has 0 fully saturated rings. The number of aromatic nitrogens is 2. The van der Waals surface area contributed by atoms with Gasteiger partial charge in [0.1, 0.15) is 26.9 Å². The zero-order valence-electron chi connectivity index (χ0n) is 18.1. The number of carbonyl (C=O) groups is 2. The number of hydrogen-bond acceptors (Lipinski definition) is 8. The van der Waals surface area contributed by atoms with E-state index in [1.54, 1.807) is 52.8 Å². The van der Waals surface area contributed by atoms with Gasteiger partial charge in [0.25, 0.3) is 5.56 Å². The molecule has 2 heterocycles. The molecule has 2 rings (SSSR count). The number of esters is 1. The van der Waals surface area contributed by atoms with Crippen LogP contribution < -0.4 is 25.4 Å². The molecule has 2 N–H and O–H groups in total. The van der Waals surface area contributed by atoms with Crippen LogP contribution in [-0.2, 0) is 20.9 Å². The van der Waals surface area contributed by atoms with Crippen molar-refractivity contribution in [3.05, 3.63) is 37.7 Å². The van der Waals surface area contributed by atoms with Gasteiger partial charge in [-0.1, -0.05) is 26.8 Å². The number of anilines is 2. The fourth-order valence-corrected chi connectivity index (χ4v) is 3.48. The maximum atomic E-state index is 12.7. The Morgan fingerprint density at radius 3 is 2.55 bits per heavy atom. The van der Waals surface area contributed by atoms with Crippen LogP contribution in [0.2, 0.25) is 0 Å². The number of rotatable bonds is 6. The summed E-state index contributed by atoms with van der Waals surface area (Å²) in [4.78, 5) is 41.3. The first-order chi connectivity index (χ1) is 14.6. The molecular weight excluding hydrogens is 418 g/mol. The minimum atomic E-state index is -0.767. The second-order valence-corrected chi connectivity index (χ2v) is 8.46. The second kappa shape index (κ2) is 10.0. The molecule has 10 heteroatoms. The van der Waals surface area contributed by atoms with Crippen molar-refractivity contribution in [1.82, 2.24) is 9.55 Å². The minimum absolute atomic E-state index is 0.125. The Morgan fingerprint density at radius 1 is 1.29 bits per heavy atom. The predicted octanol–water partition coefficient (Wildman–Crippen LogP) is 1.40. The molecule has 0 radical (unpaired) electrons. The van der Waals surface area contributed by atoms with E-state index in [4.69, 9.17) is 4.74 Å². The lowest BCUT2D eigenvalue weighted by molar-refractivity contribution is -0.136. The first kappa shape index (κ1) is 23.8. The molecule has 0 bridgehead atoms. The number of ether oxygens (including phenoxy) is 1. The average molecular weight is 444 g/mol. The summed E-state index contributed by atoms with van der Waals surface area (Å²) in [6.07, 6.45) is 1.46. The zero-order chi connectivity index (χ0) is 23.2. The summed E-state index contributed by atoms with van der Waals surface area (Å²) in [5.41, 5.74) is -1.12. The topological polar surface area (TPSA) is 126 Å². The number of nitrogens with zero attached hydrogens (tertiary/aromatic N) is 3. The van der Waals surface area contributed by atoms with Crippen LogP contribution in [0.25, 0.3) is 11.8 Å². The molecule has 0 aromatic carbocycles. The third kappa shape index (κ3) is 5.79. The smallest absolute Gasteiger partial charge is 0.351 e. The van der Waals surface area contributed by atoms with Gasteiger partial charge < -0.3 is 15.4 Å². The van der Waals surface area contributed by atoms with Gasteiger partial charge in [-0.25, -0.2) is 9.78 Å². The largest absolute Gasteiger partial charge is 0.462 e. The maximum Gasteiger partial charge on any atom is 0.351 e. The minimum Gasteiger partial charge on any atom is -0.462 e. The van der Waals surface area contributed by atoms with E-state index in [1.165, 1.54) is 10.8 Å². The number of pyridine rings is 1. The normalized spacial score (nSPS) is 12.7. The van der Waals surface area contributed by atoms with Crippen LogP contribution in [0.3, 0.4) is 0 Å². The Hall–Kier alpha value is -3.45. The van der Waals surface area contributed by atoms with Crippen LogP contribution >= 0.6 is 11.3 Å². The van der Waals surface area contributed by atoms with Gasteiger partial charge in [0.05, 0.1) is 6.61 Å². The SMILES string of the molecule is CCOC(=O)/C(C#N)=c1\s/c(=C/Nc2cccc(NC(=O)C(C)(C)C)n2)c(=O)n1CC. The van der Waals surface area contributed by atoms with Crippen molar-refractivity contribution in [3.63, 3.8) is 0 Å². The molecule has 2 aromatic heterocycles. The summed E-state index contributed by atoms with van der Waals surface area (Å²) in [6, 6.07) is 6.90. The Balaban J connectivity index is 2.43. The van der Waals surface area contributed by atoms with Gasteiger partial charge >= 0.3 is 5.97 Å². The quantitative estimate of drug-likeness (QED) is 0.646.